The molecule has 0 aliphatic rings. The second-order valence-corrected chi connectivity index (χ2v) is 4.01. The summed E-state index contributed by atoms with van der Waals surface area (Å²) >= 11 is 0. The topological polar surface area (TPSA) is 81.8 Å². The van der Waals surface area contributed by atoms with E-state index in [-0.39, 0.29) is 0 Å². The zero-order chi connectivity index (χ0) is 12.7. The van der Waals surface area contributed by atoms with E-state index in [9.17, 15) is 0 Å². The van der Waals surface area contributed by atoms with Crippen molar-refractivity contribution in [3.63, 3.8) is 0 Å². The van der Waals surface area contributed by atoms with Crippen molar-refractivity contribution in [2.24, 2.45) is 11.0 Å². The lowest BCUT2D eigenvalue weighted by Crippen LogP contribution is -2.02. The van der Waals surface area contributed by atoms with E-state index < -0.39 is 0 Å². The van der Waals surface area contributed by atoms with Gasteiger partial charge in [-0.25, -0.2) is 0 Å². The lowest BCUT2D eigenvalue weighted by molar-refractivity contribution is 0.289. The molecular weight excluding hydrogens is 216 g/mol. The van der Waals surface area contributed by atoms with Gasteiger partial charge in [-0.1, -0.05) is 19.0 Å². The van der Waals surface area contributed by atoms with E-state index in [1.54, 1.807) is 12.1 Å². The van der Waals surface area contributed by atoms with Gasteiger partial charge in [0.25, 0.3) is 0 Å². The molecule has 0 heterocycles. The molecular formula is C12H14N4O. The summed E-state index contributed by atoms with van der Waals surface area (Å²) in [6.07, 6.45) is 0.934. The number of hydrogen-bond acceptors (Lipinski definition) is 3. The summed E-state index contributed by atoms with van der Waals surface area (Å²) in [6, 6.07) is 6.83. The first-order valence-electron chi connectivity index (χ1n) is 5.39. The Morgan fingerprint density at radius 2 is 2.29 bits per heavy atom. The molecule has 0 amide bonds. The van der Waals surface area contributed by atoms with Crippen molar-refractivity contribution in [2.45, 2.75) is 20.3 Å². The molecule has 0 atom stereocenters. The van der Waals surface area contributed by atoms with E-state index >= 15 is 0 Å². The van der Waals surface area contributed by atoms with Crippen LogP contribution in [0.1, 0.15) is 25.8 Å². The number of rotatable bonds is 5. The van der Waals surface area contributed by atoms with Gasteiger partial charge in [0, 0.05) is 10.6 Å². The van der Waals surface area contributed by atoms with Crippen LogP contribution < -0.4 is 4.74 Å². The third-order valence-electron chi connectivity index (χ3n) is 2.20. The summed E-state index contributed by atoms with van der Waals surface area (Å²) in [5, 5.41) is 12.4. The van der Waals surface area contributed by atoms with Crippen molar-refractivity contribution in [2.75, 3.05) is 6.61 Å². The first kappa shape index (κ1) is 12.9. The number of hydrogen-bond donors (Lipinski definition) is 0. The highest BCUT2D eigenvalue weighted by molar-refractivity contribution is 5.52. The molecule has 1 rings (SSSR count). The van der Waals surface area contributed by atoms with Crippen molar-refractivity contribution in [3.8, 4) is 11.8 Å². The summed E-state index contributed by atoms with van der Waals surface area (Å²) in [4.78, 5) is 2.67. The van der Waals surface area contributed by atoms with Gasteiger partial charge in [-0.3, -0.25) is 0 Å². The summed E-state index contributed by atoms with van der Waals surface area (Å²) in [7, 11) is 0. The third kappa shape index (κ3) is 4.06. The fraction of sp³-hybridized carbons (Fsp3) is 0.417. The number of azide groups is 1. The molecule has 0 saturated heterocycles. The Morgan fingerprint density at radius 1 is 1.53 bits per heavy atom. The van der Waals surface area contributed by atoms with Gasteiger partial charge in [-0.05, 0) is 36.1 Å². The first-order valence-corrected chi connectivity index (χ1v) is 5.39. The van der Waals surface area contributed by atoms with Gasteiger partial charge >= 0.3 is 0 Å². The van der Waals surface area contributed by atoms with Crippen molar-refractivity contribution in [3.05, 3.63) is 34.2 Å². The molecule has 1 aromatic rings. The van der Waals surface area contributed by atoms with Crippen LogP contribution in [0.5, 0.6) is 5.75 Å². The maximum absolute atomic E-state index is 8.95. The van der Waals surface area contributed by atoms with E-state index in [0.29, 0.717) is 29.5 Å². The quantitative estimate of drug-likeness (QED) is 0.436. The van der Waals surface area contributed by atoms with Crippen LogP contribution in [0.15, 0.2) is 23.3 Å². The van der Waals surface area contributed by atoms with Crippen LogP contribution in [0.25, 0.3) is 10.4 Å². The van der Waals surface area contributed by atoms with Crippen LogP contribution >= 0.6 is 0 Å². The van der Waals surface area contributed by atoms with Crippen LogP contribution in [-0.2, 0) is 0 Å². The van der Waals surface area contributed by atoms with Gasteiger partial charge in [0.05, 0.1) is 12.2 Å². The van der Waals surface area contributed by atoms with Crippen molar-refractivity contribution >= 4 is 5.69 Å². The highest BCUT2D eigenvalue weighted by Gasteiger charge is 2.04. The van der Waals surface area contributed by atoms with Gasteiger partial charge < -0.3 is 4.74 Å². The highest BCUT2D eigenvalue weighted by atomic mass is 16.5. The summed E-state index contributed by atoms with van der Waals surface area (Å²) < 4.78 is 5.51. The minimum Gasteiger partial charge on any atom is -0.492 e. The van der Waals surface area contributed by atoms with Gasteiger partial charge in [-0.15, -0.1) is 0 Å². The van der Waals surface area contributed by atoms with Gasteiger partial charge in [0.2, 0.25) is 0 Å². The third-order valence-corrected chi connectivity index (χ3v) is 2.20. The molecule has 0 aliphatic heterocycles. The predicted molar refractivity (Wildman–Crippen MR) is 64.9 cm³/mol. The molecule has 0 fully saturated rings. The summed E-state index contributed by atoms with van der Waals surface area (Å²) in [5.74, 6) is 1.09. The molecule has 0 aliphatic carbocycles. The molecule has 17 heavy (non-hydrogen) atoms. The monoisotopic (exact) mass is 230 g/mol. The minimum absolute atomic E-state index is 0.388. The highest BCUT2D eigenvalue weighted by Crippen LogP contribution is 2.24. The number of nitrogens with zero attached hydrogens (tertiary/aromatic N) is 4. The van der Waals surface area contributed by atoms with E-state index in [4.69, 9.17) is 15.5 Å². The van der Waals surface area contributed by atoms with E-state index in [2.05, 4.69) is 23.9 Å². The molecule has 0 spiro atoms. The van der Waals surface area contributed by atoms with Crippen LogP contribution in [0, 0.1) is 17.2 Å². The zero-order valence-corrected chi connectivity index (χ0v) is 9.92. The smallest absolute Gasteiger partial charge is 0.137 e. The molecule has 1 aromatic carbocycles. The average Bonchev–Trinajstić information content (AvgIpc) is 2.30. The van der Waals surface area contributed by atoms with Crippen LogP contribution in [0.2, 0.25) is 0 Å². The lowest BCUT2D eigenvalue weighted by Gasteiger charge is -2.09. The maximum Gasteiger partial charge on any atom is 0.137 e. The molecule has 0 N–H and O–H groups in total. The van der Waals surface area contributed by atoms with Crippen LogP contribution in [0.4, 0.5) is 5.69 Å². The van der Waals surface area contributed by atoms with Gasteiger partial charge in [0.15, 0.2) is 0 Å². The van der Waals surface area contributed by atoms with Crippen LogP contribution in [0.3, 0.4) is 0 Å². The summed E-state index contributed by atoms with van der Waals surface area (Å²) in [5.41, 5.74) is 9.10. The second kappa shape index (κ2) is 6.41. The number of benzene rings is 1. The molecule has 0 bridgehead atoms. The fourth-order valence-electron chi connectivity index (χ4n) is 1.25. The predicted octanol–water partition coefficient (Wildman–Crippen LogP) is 3.92. The Bertz CT molecular complexity index is 470. The Kier molecular flexibility index (Phi) is 4.86. The maximum atomic E-state index is 8.95. The Balaban J connectivity index is 2.79. The molecule has 0 aromatic heterocycles. The lowest BCUT2D eigenvalue weighted by atomic mass is 10.1. The Hall–Kier alpha value is -2.18. The Morgan fingerprint density at radius 3 is 2.88 bits per heavy atom. The Labute approximate surface area is 100 Å². The van der Waals surface area contributed by atoms with E-state index in [1.807, 2.05) is 6.07 Å². The molecule has 0 unspecified atom stereocenters. The van der Waals surface area contributed by atoms with Crippen molar-refractivity contribution < 1.29 is 4.74 Å². The first-order chi connectivity index (χ1) is 8.17. The fourth-order valence-corrected chi connectivity index (χ4v) is 1.25. The summed E-state index contributed by atoms with van der Waals surface area (Å²) in [6.45, 7) is 4.80. The van der Waals surface area contributed by atoms with Gasteiger partial charge in [0.1, 0.15) is 11.8 Å². The van der Waals surface area contributed by atoms with Crippen molar-refractivity contribution in [1.29, 1.82) is 5.26 Å². The molecule has 0 radical (unpaired) electrons. The van der Waals surface area contributed by atoms with Crippen LogP contribution in [-0.4, -0.2) is 6.61 Å². The zero-order valence-electron chi connectivity index (χ0n) is 9.92. The van der Waals surface area contributed by atoms with Gasteiger partial charge in [-0.2, -0.15) is 5.26 Å². The SMILES string of the molecule is CC(C)CCOc1ccc(N=[N+]=[N-])cc1C#N. The molecule has 0 saturated carbocycles. The second-order valence-electron chi connectivity index (χ2n) is 4.01. The standard InChI is InChI=1S/C12H14N4O/c1-9(2)5-6-17-12-4-3-11(15-16-14)7-10(12)8-13/h3-4,7,9H,5-6H2,1-2H3. The number of nitriles is 1. The normalized spacial score (nSPS) is 9.53. The molecule has 5 heteroatoms. The minimum atomic E-state index is 0.388. The van der Waals surface area contributed by atoms with E-state index in [1.165, 1.54) is 6.07 Å². The number of ether oxygens (including phenoxy) is 1. The largest absolute Gasteiger partial charge is 0.492 e. The van der Waals surface area contributed by atoms with Crippen molar-refractivity contribution in [1.82, 2.24) is 0 Å². The van der Waals surface area contributed by atoms with E-state index in [0.717, 1.165) is 6.42 Å². The molecule has 5 nitrogen and oxygen atoms in total. The molecule has 88 valence electrons. The average molecular weight is 230 g/mol.